The minimum Gasteiger partial charge on any atom is -0.465 e. The fourth-order valence-electron chi connectivity index (χ4n) is 1.18. The molecule has 0 aromatic heterocycles. The highest BCUT2D eigenvalue weighted by Crippen LogP contribution is 2.07. The summed E-state index contributed by atoms with van der Waals surface area (Å²) in [5, 5.41) is 10.9. The number of thiocarbonyl (C=S) groups is 1. The standard InChI is InChI=1S/C8H16N2O2S/c1-5(2)3-6(4-7(9)13)10-8(11)12/h5-6,10H,3-4H2,1-2H3,(H2,9,13)(H,11,12)/t6-/m0/s1. The van der Waals surface area contributed by atoms with Crippen molar-refractivity contribution >= 4 is 23.3 Å². The molecule has 76 valence electrons. The van der Waals surface area contributed by atoms with E-state index >= 15 is 0 Å². The second-order valence-corrected chi connectivity index (χ2v) is 3.97. The maximum absolute atomic E-state index is 10.4. The van der Waals surface area contributed by atoms with E-state index in [1.54, 1.807) is 0 Å². The Morgan fingerprint density at radius 1 is 1.62 bits per heavy atom. The van der Waals surface area contributed by atoms with Gasteiger partial charge in [0, 0.05) is 12.5 Å². The van der Waals surface area contributed by atoms with Gasteiger partial charge in [0.1, 0.15) is 0 Å². The first-order chi connectivity index (χ1) is 5.91. The van der Waals surface area contributed by atoms with Gasteiger partial charge in [-0.25, -0.2) is 4.79 Å². The minimum atomic E-state index is -1.03. The molecule has 13 heavy (non-hydrogen) atoms. The third-order valence-corrected chi connectivity index (χ3v) is 1.70. The summed E-state index contributed by atoms with van der Waals surface area (Å²) in [6, 6.07) is -0.157. The van der Waals surface area contributed by atoms with Crippen LogP contribution in [-0.2, 0) is 0 Å². The molecule has 0 aromatic carbocycles. The van der Waals surface area contributed by atoms with Crippen LogP contribution in [0.1, 0.15) is 26.7 Å². The zero-order chi connectivity index (χ0) is 10.4. The van der Waals surface area contributed by atoms with Crippen molar-refractivity contribution in [1.82, 2.24) is 5.32 Å². The Morgan fingerprint density at radius 3 is 2.46 bits per heavy atom. The van der Waals surface area contributed by atoms with Gasteiger partial charge in [0.2, 0.25) is 0 Å². The molecule has 0 rings (SSSR count). The minimum absolute atomic E-state index is 0.157. The molecule has 0 fully saturated rings. The molecular formula is C8H16N2O2S. The van der Waals surface area contributed by atoms with E-state index in [0.717, 1.165) is 6.42 Å². The van der Waals surface area contributed by atoms with Crippen LogP contribution < -0.4 is 11.1 Å². The van der Waals surface area contributed by atoms with Gasteiger partial charge in [0.25, 0.3) is 0 Å². The predicted molar refractivity (Wildman–Crippen MR) is 55.8 cm³/mol. The molecular weight excluding hydrogens is 188 g/mol. The third kappa shape index (κ3) is 7.52. The van der Waals surface area contributed by atoms with Gasteiger partial charge < -0.3 is 16.2 Å². The van der Waals surface area contributed by atoms with Crippen molar-refractivity contribution in [2.75, 3.05) is 0 Å². The molecule has 0 unspecified atom stereocenters. The van der Waals surface area contributed by atoms with E-state index in [4.69, 9.17) is 23.1 Å². The number of hydrogen-bond donors (Lipinski definition) is 3. The van der Waals surface area contributed by atoms with Crippen molar-refractivity contribution in [2.45, 2.75) is 32.7 Å². The van der Waals surface area contributed by atoms with Gasteiger partial charge in [-0.3, -0.25) is 0 Å². The molecule has 0 bridgehead atoms. The molecule has 0 aromatic rings. The summed E-state index contributed by atoms with van der Waals surface area (Å²) in [4.78, 5) is 10.7. The maximum Gasteiger partial charge on any atom is 0.404 e. The molecule has 0 aliphatic heterocycles. The zero-order valence-corrected chi connectivity index (χ0v) is 8.73. The van der Waals surface area contributed by atoms with E-state index in [0.29, 0.717) is 17.3 Å². The molecule has 4 nitrogen and oxygen atoms in total. The first-order valence-electron chi connectivity index (χ1n) is 4.19. The van der Waals surface area contributed by atoms with Gasteiger partial charge in [-0.1, -0.05) is 26.1 Å². The van der Waals surface area contributed by atoms with E-state index in [1.807, 2.05) is 13.8 Å². The van der Waals surface area contributed by atoms with Crippen molar-refractivity contribution in [2.24, 2.45) is 11.7 Å². The highest BCUT2D eigenvalue weighted by molar-refractivity contribution is 7.80. The van der Waals surface area contributed by atoms with Crippen molar-refractivity contribution in [3.63, 3.8) is 0 Å². The van der Waals surface area contributed by atoms with Gasteiger partial charge in [0.05, 0.1) is 4.99 Å². The van der Waals surface area contributed by atoms with Crippen LogP contribution in [0.5, 0.6) is 0 Å². The van der Waals surface area contributed by atoms with Crippen LogP contribution >= 0.6 is 12.2 Å². The molecule has 0 aliphatic carbocycles. The monoisotopic (exact) mass is 204 g/mol. The fourth-order valence-corrected chi connectivity index (χ4v) is 1.38. The highest BCUT2D eigenvalue weighted by Gasteiger charge is 2.13. The van der Waals surface area contributed by atoms with E-state index in [2.05, 4.69) is 5.32 Å². The SMILES string of the molecule is CC(C)C[C@@H](CC(N)=S)NC(=O)O. The molecule has 1 atom stereocenters. The molecule has 4 N–H and O–H groups in total. The lowest BCUT2D eigenvalue weighted by molar-refractivity contribution is 0.188. The Morgan fingerprint density at radius 2 is 2.15 bits per heavy atom. The Balaban J connectivity index is 4.02. The predicted octanol–water partition coefficient (Wildman–Crippen LogP) is 1.34. The van der Waals surface area contributed by atoms with Crippen LogP contribution in [0.2, 0.25) is 0 Å². The lowest BCUT2D eigenvalue weighted by Gasteiger charge is -2.17. The lowest BCUT2D eigenvalue weighted by atomic mass is 10.0. The number of carbonyl (C=O) groups is 1. The van der Waals surface area contributed by atoms with Crippen molar-refractivity contribution in [1.29, 1.82) is 0 Å². The maximum atomic E-state index is 10.4. The Labute approximate surface area is 83.5 Å². The Bertz CT molecular complexity index is 179. The molecule has 0 saturated heterocycles. The van der Waals surface area contributed by atoms with E-state index in [9.17, 15) is 4.79 Å². The van der Waals surface area contributed by atoms with Crippen LogP contribution in [0, 0.1) is 5.92 Å². The second kappa shape index (κ2) is 5.75. The quantitative estimate of drug-likeness (QED) is 0.591. The van der Waals surface area contributed by atoms with Crippen LogP contribution in [-0.4, -0.2) is 22.2 Å². The summed E-state index contributed by atoms with van der Waals surface area (Å²) in [5.74, 6) is 0.422. The third-order valence-electron chi connectivity index (χ3n) is 1.53. The Kier molecular flexibility index (Phi) is 5.37. The summed E-state index contributed by atoms with van der Waals surface area (Å²) in [6.45, 7) is 4.05. The highest BCUT2D eigenvalue weighted by atomic mass is 32.1. The van der Waals surface area contributed by atoms with Gasteiger partial charge in [-0.05, 0) is 12.3 Å². The average Bonchev–Trinajstić information content (AvgIpc) is 1.80. The molecule has 0 heterocycles. The molecule has 0 aliphatic rings. The van der Waals surface area contributed by atoms with Crippen LogP contribution in [0.25, 0.3) is 0 Å². The van der Waals surface area contributed by atoms with Gasteiger partial charge in [-0.2, -0.15) is 0 Å². The van der Waals surface area contributed by atoms with Crippen molar-refractivity contribution in [3.8, 4) is 0 Å². The second-order valence-electron chi connectivity index (χ2n) is 3.45. The lowest BCUT2D eigenvalue weighted by Crippen LogP contribution is -2.37. The first kappa shape index (κ1) is 12.2. The summed E-state index contributed by atoms with van der Waals surface area (Å²) in [7, 11) is 0. The topological polar surface area (TPSA) is 75.3 Å². The zero-order valence-electron chi connectivity index (χ0n) is 7.91. The van der Waals surface area contributed by atoms with Gasteiger partial charge >= 0.3 is 6.09 Å². The normalized spacial score (nSPS) is 12.5. The smallest absolute Gasteiger partial charge is 0.404 e. The number of carboxylic acid groups (broad SMARTS) is 1. The molecule has 1 amide bonds. The van der Waals surface area contributed by atoms with Crippen molar-refractivity contribution < 1.29 is 9.90 Å². The molecule has 0 radical (unpaired) electrons. The summed E-state index contributed by atoms with van der Waals surface area (Å²) in [5.41, 5.74) is 5.34. The number of rotatable bonds is 5. The summed E-state index contributed by atoms with van der Waals surface area (Å²) >= 11 is 4.72. The number of nitrogens with one attached hydrogen (secondary N) is 1. The number of hydrogen-bond acceptors (Lipinski definition) is 2. The Hall–Kier alpha value is -0.840. The first-order valence-corrected chi connectivity index (χ1v) is 4.60. The van der Waals surface area contributed by atoms with Gasteiger partial charge in [-0.15, -0.1) is 0 Å². The van der Waals surface area contributed by atoms with Crippen LogP contribution in [0.15, 0.2) is 0 Å². The summed E-state index contributed by atoms with van der Waals surface area (Å²) in [6.07, 6.45) is 0.158. The van der Waals surface area contributed by atoms with Crippen molar-refractivity contribution in [3.05, 3.63) is 0 Å². The van der Waals surface area contributed by atoms with Crippen LogP contribution in [0.3, 0.4) is 0 Å². The van der Waals surface area contributed by atoms with Crippen LogP contribution in [0.4, 0.5) is 4.79 Å². The number of amides is 1. The molecule has 0 spiro atoms. The van der Waals surface area contributed by atoms with E-state index in [-0.39, 0.29) is 6.04 Å². The largest absolute Gasteiger partial charge is 0.465 e. The average molecular weight is 204 g/mol. The van der Waals surface area contributed by atoms with Gasteiger partial charge in [0.15, 0.2) is 0 Å². The fraction of sp³-hybridized carbons (Fsp3) is 0.750. The molecule has 0 saturated carbocycles. The van der Waals surface area contributed by atoms with E-state index in [1.165, 1.54) is 0 Å². The number of nitrogens with two attached hydrogens (primary N) is 1. The summed E-state index contributed by atoms with van der Waals surface area (Å²) < 4.78 is 0. The molecule has 5 heteroatoms. The van der Waals surface area contributed by atoms with E-state index < -0.39 is 6.09 Å².